The monoisotopic (exact) mass is 483 g/mol. The highest BCUT2D eigenvalue weighted by Gasteiger charge is 2.56. The molecule has 2 amide bonds. The lowest BCUT2D eigenvalue weighted by atomic mass is 9.49. The van der Waals surface area contributed by atoms with Gasteiger partial charge < -0.3 is 10.6 Å². The lowest BCUT2D eigenvalue weighted by Crippen LogP contribution is -2.52. The molecule has 1 aromatic carbocycles. The second-order valence-electron chi connectivity index (χ2n) is 13.9. The van der Waals surface area contributed by atoms with E-state index < -0.39 is 0 Å². The van der Waals surface area contributed by atoms with Crippen LogP contribution in [-0.4, -0.2) is 16.8 Å². The molecule has 0 unspecified atom stereocenters. The SMILES string of the molecule is O=C(Nc1cc2ccccc2c(NC(=O)C23CC4CC(CC(C4)C2)C3)n1)C12CC3CC(CC(C3)C1)C2. The Bertz CT molecular complexity index is 1200. The number of amides is 2. The molecular formula is C31H37N3O2. The first-order chi connectivity index (χ1) is 17.5. The molecule has 188 valence electrons. The lowest BCUT2D eigenvalue weighted by Gasteiger charge is -2.55. The number of rotatable bonds is 4. The van der Waals surface area contributed by atoms with E-state index in [1.54, 1.807) is 0 Å². The summed E-state index contributed by atoms with van der Waals surface area (Å²) in [5.41, 5.74) is -0.444. The van der Waals surface area contributed by atoms with Crippen molar-refractivity contribution in [3.63, 3.8) is 0 Å². The molecule has 2 N–H and O–H groups in total. The van der Waals surface area contributed by atoms with Gasteiger partial charge in [0, 0.05) is 5.39 Å². The van der Waals surface area contributed by atoms with E-state index in [9.17, 15) is 9.59 Å². The van der Waals surface area contributed by atoms with Gasteiger partial charge in [-0.3, -0.25) is 9.59 Å². The summed E-state index contributed by atoms with van der Waals surface area (Å²) in [7, 11) is 0. The molecule has 36 heavy (non-hydrogen) atoms. The third-order valence-electron chi connectivity index (χ3n) is 11.3. The molecule has 0 spiro atoms. The summed E-state index contributed by atoms with van der Waals surface area (Å²) >= 11 is 0. The van der Waals surface area contributed by atoms with Crippen LogP contribution in [-0.2, 0) is 9.59 Å². The van der Waals surface area contributed by atoms with Gasteiger partial charge in [-0.2, -0.15) is 0 Å². The number of fused-ring (bicyclic) bond motifs is 1. The van der Waals surface area contributed by atoms with Gasteiger partial charge in [0.2, 0.25) is 11.8 Å². The van der Waals surface area contributed by atoms with Crippen LogP contribution in [0.15, 0.2) is 30.3 Å². The first kappa shape index (κ1) is 21.6. The zero-order valence-corrected chi connectivity index (χ0v) is 21.1. The fourth-order valence-electron chi connectivity index (χ4n) is 10.6. The first-order valence-corrected chi connectivity index (χ1v) is 14.5. The van der Waals surface area contributed by atoms with Crippen molar-refractivity contribution < 1.29 is 9.59 Å². The number of carbonyl (C=O) groups is 2. The molecule has 2 aromatic rings. The van der Waals surface area contributed by atoms with Crippen molar-refractivity contribution in [3.05, 3.63) is 30.3 Å². The van der Waals surface area contributed by atoms with Crippen molar-refractivity contribution in [2.24, 2.45) is 46.3 Å². The van der Waals surface area contributed by atoms with E-state index in [1.807, 2.05) is 24.3 Å². The van der Waals surface area contributed by atoms with E-state index in [-0.39, 0.29) is 22.6 Å². The molecule has 0 atom stereocenters. The predicted octanol–water partition coefficient (Wildman–Crippen LogP) is 6.54. The number of nitrogens with zero attached hydrogens (tertiary/aromatic N) is 1. The molecular weight excluding hydrogens is 446 g/mol. The molecule has 1 heterocycles. The Morgan fingerprint density at radius 1 is 0.667 bits per heavy atom. The van der Waals surface area contributed by atoms with Gasteiger partial charge in [-0.15, -0.1) is 0 Å². The standard InChI is InChI=1S/C31H37N3O2/c35-28(30-12-18-5-19(13-30)7-20(6-18)14-30)33-26-11-24-3-1-2-4-25(24)27(32-26)34-29(36)31-15-21-8-22(16-31)10-23(9-21)17-31/h1-4,11,18-23H,5-10,12-17H2,(H2,32,33,34,35,36). The van der Waals surface area contributed by atoms with Crippen LogP contribution in [0, 0.1) is 46.3 Å². The minimum atomic E-state index is -0.226. The topological polar surface area (TPSA) is 71.1 Å². The highest BCUT2D eigenvalue weighted by atomic mass is 16.2. The Labute approximate surface area is 213 Å². The minimum Gasteiger partial charge on any atom is -0.310 e. The van der Waals surface area contributed by atoms with Crippen molar-refractivity contribution in [2.45, 2.75) is 77.0 Å². The average molecular weight is 484 g/mol. The van der Waals surface area contributed by atoms with Gasteiger partial charge in [0.15, 0.2) is 0 Å². The molecule has 5 nitrogen and oxygen atoms in total. The van der Waals surface area contributed by atoms with E-state index >= 15 is 0 Å². The second-order valence-corrected chi connectivity index (χ2v) is 13.9. The van der Waals surface area contributed by atoms with Crippen molar-refractivity contribution in [1.82, 2.24) is 4.98 Å². The van der Waals surface area contributed by atoms with Crippen molar-refractivity contribution in [1.29, 1.82) is 0 Å². The van der Waals surface area contributed by atoms with E-state index in [1.165, 1.54) is 38.5 Å². The predicted molar refractivity (Wildman–Crippen MR) is 140 cm³/mol. The molecule has 0 radical (unpaired) electrons. The summed E-state index contributed by atoms with van der Waals surface area (Å²) in [5, 5.41) is 8.48. The third-order valence-corrected chi connectivity index (χ3v) is 11.3. The normalized spacial score (nSPS) is 41.6. The highest BCUT2D eigenvalue weighted by molar-refractivity contribution is 6.05. The summed E-state index contributed by atoms with van der Waals surface area (Å²) < 4.78 is 0. The van der Waals surface area contributed by atoms with Crippen molar-refractivity contribution >= 4 is 34.2 Å². The number of anilines is 2. The van der Waals surface area contributed by atoms with Gasteiger partial charge in [0.1, 0.15) is 11.6 Å². The van der Waals surface area contributed by atoms with Crippen LogP contribution in [0.5, 0.6) is 0 Å². The zero-order valence-electron chi connectivity index (χ0n) is 21.1. The molecule has 8 bridgehead atoms. The van der Waals surface area contributed by atoms with Crippen molar-refractivity contribution in [3.8, 4) is 0 Å². The number of carbonyl (C=O) groups excluding carboxylic acids is 2. The van der Waals surface area contributed by atoms with Gasteiger partial charge >= 0.3 is 0 Å². The molecule has 8 saturated carbocycles. The van der Waals surface area contributed by atoms with Gasteiger partial charge in [0.25, 0.3) is 0 Å². The Morgan fingerprint density at radius 3 is 1.61 bits per heavy atom. The number of hydrogen-bond acceptors (Lipinski definition) is 3. The van der Waals surface area contributed by atoms with Gasteiger partial charge in [-0.1, -0.05) is 24.3 Å². The van der Waals surface area contributed by atoms with Gasteiger partial charge in [0.05, 0.1) is 10.8 Å². The number of aromatic nitrogens is 1. The molecule has 5 heteroatoms. The summed E-state index contributed by atoms with van der Waals surface area (Å²) in [6, 6.07) is 10.1. The Hall–Kier alpha value is -2.43. The van der Waals surface area contributed by atoms with Crippen LogP contribution in [0.1, 0.15) is 77.0 Å². The number of pyridine rings is 1. The summed E-state index contributed by atoms with van der Waals surface area (Å²) in [6.07, 6.45) is 14.1. The Morgan fingerprint density at radius 2 is 1.11 bits per heavy atom. The Kier molecular flexibility index (Phi) is 4.54. The second kappa shape index (κ2) is 7.55. The van der Waals surface area contributed by atoms with Gasteiger partial charge in [-0.05, 0) is 124 Å². The van der Waals surface area contributed by atoms with Gasteiger partial charge in [-0.25, -0.2) is 4.98 Å². The minimum absolute atomic E-state index is 0.155. The summed E-state index contributed by atoms with van der Waals surface area (Å²) in [6.45, 7) is 0. The number of hydrogen-bond donors (Lipinski definition) is 2. The molecule has 1 aromatic heterocycles. The summed E-state index contributed by atoms with van der Waals surface area (Å²) in [5.74, 6) is 5.83. The maximum Gasteiger partial charge on any atom is 0.231 e. The van der Waals surface area contributed by atoms with Crippen LogP contribution in [0.2, 0.25) is 0 Å². The quantitative estimate of drug-likeness (QED) is 0.518. The largest absolute Gasteiger partial charge is 0.310 e. The van der Waals surface area contributed by atoms with E-state index in [4.69, 9.17) is 4.98 Å². The van der Waals surface area contributed by atoms with Crippen molar-refractivity contribution in [2.75, 3.05) is 10.6 Å². The van der Waals surface area contributed by atoms with E-state index in [0.717, 1.165) is 84.8 Å². The average Bonchev–Trinajstić information content (AvgIpc) is 2.82. The maximum atomic E-state index is 13.8. The van der Waals surface area contributed by atoms with Crippen LogP contribution in [0.3, 0.4) is 0 Å². The maximum absolute atomic E-state index is 13.8. The highest BCUT2D eigenvalue weighted by Crippen LogP contribution is 2.61. The lowest BCUT2D eigenvalue weighted by molar-refractivity contribution is -0.140. The first-order valence-electron chi connectivity index (χ1n) is 14.5. The smallest absolute Gasteiger partial charge is 0.231 e. The fourth-order valence-corrected chi connectivity index (χ4v) is 10.6. The van der Waals surface area contributed by atoms with Crippen LogP contribution in [0.4, 0.5) is 11.6 Å². The molecule has 10 rings (SSSR count). The van der Waals surface area contributed by atoms with E-state index in [2.05, 4.69) is 16.7 Å². The molecule has 8 aliphatic rings. The molecule has 0 aliphatic heterocycles. The molecule has 8 fully saturated rings. The number of nitrogens with one attached hydrogen (secondary N) is 2. The summed E-state index contributed by atoms with van der Waals surface area (Å²) in [4.78, 5) is 32.4. The number of benzene rings is 1. The zero-order chi connectivity index (χ0) is 24.1. The van der Waals surface area contributed by atoms with Crippen LogP contribution >= 0.6 is 0 Å². The fraction of sp³-hybridized carbons (Fsp3) is 0.645. The molecule has 0 saturated heterocycles. The van der Waals surface area contributed by atoms with Crippen LogP contribution < -0.4 is 10.6 Å². The molecule has 8 aliphatic carbocycles. The van der Waals surface area contributed by atoms with Crippen LogP contribution in [0.25, 0.3) is 10.8 Å². The Balaban J connectivity index is 1.09. The third kappa shape index (κ3) is 3.30. The van der Waals surface area contributed by atoms with E-state index in [0.29, 0.717) is 11.6 Å².